The van der Waals surface area contributed by atoms with Crippen LogP contribution in [0.5, 0.6) is 0 Å². The van der Waals surface area contributed by atoms with Crippen LogP contribution >= 0.6 is 0 Å². The van der Waals surface area contributed by atoms with Crippen LogP contribution in [0.1, 0.15) is 17.5 Å². The van der Waals surface area contributed by atoms with Gasteiger partial charge in [-0.05, 0) is 18.2 Å². The molecular formula is C13H25NO2Si2. The van der Waals surface area contributed by atoms with Crippen LogP contribution in [0.15, 0.2) is 10.5 Å². The fourth-order valence-corrected chi connectivity index (χ4v) is 4.27. The summed E-state index contributed by atoms with van der Waals surface area (Å²) >= 11 is 0. The largest absolute Gasteiger partial charge is 0.461 e. The maximum atomic E-state index is 12.1. The SMILES string of the molecule is CCNC(=O)c1oc([Si](C)(C)C)cc1[Si](C)(C)C. The Morgan fingerprint density at radius 3 is 2.11 bits per heavy atom. The molecule has 0 spiro atoms. The average molecular weight is 284 g/mol. The number of hydrogen-bond acceptors (Lipinski definition) is 2. The predicted molar refractivity (Wildman–Crippen MR) is 82.7 cm³/mol. The van der Waals surface area contributed by atoms with Crippen LogP contribution in [0.2, 0.25) is 39.3 Å². The Balaban J connectivity index is 3.31. The number of nitrogens with one attached hydrogen (secondary N) is 1. The predicted octanol–water partition coefficient (Wildman–Crippen LogP) is 2.12. The van der Waals surface area contributed by atoms with Crippen LogP contribution in [0.4, 0.5) is 0 Å². The first-order valence-electron chi connectivity index (χ1n) is 6.50. The molecule has 0 saturated carbocycles. The molecule has 1 amide bonds. The van der Waals surface area contributed by atoms with Gasteiger partial charge in [0.25, 0.3) is 5.91 Å². The normalized spacial score (nSPS) is 12.6. The third kappa shape index (κ3) is 3.35. The number of carbonyl (C=O) groups excluding carboxylic acids is 1. The molecule has 0 radical (unpaired) electrons. The van der Waals surface area contributed by atoms with E-state index in [9.17, 15) is 4.79 Å². The molecule has 0 fully saturated rings. The second kappa shape index (κ2) is 5.05. The van der Waals surface area contributed by atoms with Crippen molar-refractivity contribution in [1.82, 2.24) is 5.32 Å². The summed E-state index contributed by atoms with van der Waals surface area (Å²) in [5, 5.41) is 5.02. The van der Waals surface area contributed by atoms with Crippen molar-refractivity contribution in [3.63, 3.8) is 0 Å². The molecule has 102 valence electrons. The zero-order chi connectivity index (χ0) is 14.1. The molecule has 0 aliphatic heterocycles. The molecule has 1 N–H and O–H groups in total. The van der Waals surface area contributed by atoms with Gasteiger partial charge in [0.1, 0.15) is 8.07 Å². The number of furan rings is 1. The van der Waals surface area contributed by atoms with Gasteiger partial charge in [0.05, 0.1) is 13.5 Å². The van der Waals surface area contributed by atoms with Crippen LogP contribution in [-0.2, 0) is 0 Å². The topological polar surface area (TPSA) is 42.2 Å². The third-order valence-electron chi connectivity index (χ3n) is 2.82. The van der Waals surface area contributed by atoms with E-state index in [0.717, 1.165) is 10.6 Å². The van der Waals surface area contributed by atoms with Crippen molar-refractivity contribution in [1.29, 1.82) is 0 Å². The summed E-state index contributed by atoms with van der Waals surface area (Å²) in [6.07, 6.45) is 0. The fraction of sp³-hybridized carbons (Fsp3) is 0.615. The lowest BCUT2D eigenvalue weighted by atomic mass is 10.4. The van der Waals surface area contributed by atoms with Crippen molar-refractivity contribution in [3.8, 4) is 0 Å². The maximum absolute atomic E-state index is 12.1. The lowest BCUT2D eigenvalue weighted by Gasteiger charge is -2.15. The van der Waals surface area contributed by atoms with Gasteiger partial charge in [-0.1, -0.05) is 39.3 Å². The highest BCUT2D eigenvalue weighted by molar-refractivity contribution is 6.91. The molecule has 0 aliphatic carbocycles. The molecule has 1 aromatic rings. The summed E-state index contributed by atoms with van der Waals surface area (Å²) in [7, 11) is -3.08. The molecule has 0 aromatic carbocycles. The molecule has 0 aliphatic rings. The first-order valence-corrected chi connectivity index (χ1v) is 13.5. The lowest BCUT2D eigenvalue weighted by Crippen LogP contribution is -2.43. The molecule has 3 nitrogen and oxygen atoms in total. The number of carbonyl (C=O) groups is 1. The molecule has 0 saturated heterocycles. The van der Waals surface area contributed by atoms with Crippen LogP contribution in [0.3, 0.4) is 0 Å². The summed E-state index contributed by atoms with van der Waals surface area (Å²) in [6.45, 7) is 16.0. The van der Waals surface area contributed by atoms with E-state index in [1.807, 2.05) is 6.92 Å². The van der Waals surface area contributed by atoms with E-state index in [-0.39, 0.29) is 5.91 Å². The van der Waals surface area contributed by atoms with Gasteiger partial charge in [-0.3, -0.25) is 4.79 Å². The quantitative estimate of drug-likeness (QED) is 0.860. The van der Waals surface area contributed by atoms with Crippen LogP contribution in [-0.4, -0.2) is 28.6 Å². The van der Waals surface area contributed by atoms with Gasteiger partial charge in [-0.25, -0.2) is 0 Å². The van der Waals surface area contributed by atoms with Gasteiger partial charge in [0.2, 0.25) is 0 Å². The van der Waals surface area contributed by atoms with E-state index >= 15 is 0 Å². The zero-order valence-corrected chi connectivity index (χ0v) is 14.6. The first kappa shape index (κ1) is 15.2. The summed E-state index contributed by atoms with van der Waals surface area (Å²) in [6, 6.07) is 2.14. The van der Waals surface area contributed by atoms with Gasteiger partial charge >= 0.3 is 0 Å². The Bertz CT molecular complexity index is 439. The minimum atomic E-state index is -1.56. The Labute approximate surface area is 112 Å². The third-order valence-corrected chi connectivity index (χ3v) is 6.54. The highest BCUT2D eigenvalue weighted by Gasteiger charge is 2.31. The molecule has 0 unspecified atom stereocenters. The van der Waals surface area contributed by atoms with Crippen molar-refractivity contribution in [2.45, 2.75) is 46.2 Å². The highest BCUT2D eigenvalue weighted by Crippen LogP contribution is 2.11. The first-order chi connectivity index (χ1) is 8.07. The van der Waals surface area contributed by atoms with Gasteiger partial charge in [-0.15, -0.1) is 0 Å². The molecule has 18 heavy (non-hydrogen) atoms. The fourth-order valence-electron chi connectivity index (χ4n) is 1.73. The Hall–Kier alpha value is -0.816. The van der Waals surface area contributed by atoms with Crippen LogP contribution in [0, 0.1) is 0 Å². The summed E-state index contributed by atoms with van der Waals surface area (Å²) < 4.78 is 5.90. The maximum Gasteiger partial charge on any atom is 0.286 e. The van der Waals surface area contributed by atoms with E-state index in [0.29, 0.717) is 12.3 Å². The van der Waals surface area contributed by atoms with E-state index in [2.05, 4.69) is 50.7 Å². The van der Waals surface area contributed by atoms with Crippen LogP contribution in [0.25, 0.3) is 0 Å². The smallest absolute Gasteiger partial charge is 0.286 e. The van der Waals surface area contributed by atoms with Gasteiger partial charge in [0.15, 0.2) is 5.76 Å². The summed E-state index contributed by atoms with van der Waals surface area (Å²) in [5.41, 5.74) is 0. The van der Waals surface area contributed by atoms with Gasteiger partial charge in [-0.2, -0.15) is 0 Å². The van der Waals surface area contributed by atoms with E-state index < -0.39 is 16.1 Å². The lowest BCUT2D eigenvalue weighted by molar-refractivity contribution is 0.0931. The number of rotatable bonds is 4. The molecule has 0 bridgehead atoms. The highest BCUT2D eigenvalue weighted by atomic mass is 28.3. The molecule has 1 rings (SSSR count). The molecule has 1 heterocycles. The molecule has 1 aromatic heterocycles. The molecule has 5 heteroatoms. The summed E-state index contributed by atoms with van der Waals surface area (Å²) in [4.78, 5) is 12.1. The molecular weight excluding hydrogens is 258 g/mol. The number of hydrogen-bond donors (Lipinski definition) is 1. The van der Waals surface area contributed by atoms with E-state index in [4.69, 9.17) is 4.42 Å². The Morgan fingerprint density at radius 1 is 1.17 bits per heavy atom. The molecule has 0 atom stereocenters. The number of amides is 1. The van der Waals surface area contributed by atoms with E-state index in [1.54, 1.807) is 0 Å². The Morgan fingerprint density at radius 2 is 1.72 bits per heavy atom. The summed E-state index contributed by atoms with van der Waals surface area (Å²) in [5.74, 6) is 0.480. The monoisotopic (exact) mass is 283 g/mol. The van der Waals surface area contributed by atoms with Gasteiger partial charge < -0.3 is 9.73 Å². The van der Waals surface area contributed by atoms with Crippen molar-refractivity contribution in [2.75, 3.05) is 6.54 Å². The van der Waals surface area contributed by atoms with Crippen molar-refractivity contribution >= 4 is 32.6 Å². The van der Waals surface area contributed by atoms with Crippen molar-refractivity contribution in [3.05, 3.63) is 11.8 Å². The average Bonchev–Trinajstić information content (AvgIpc) is 2.60. The standard InChI is InChI=1S/C13H25NO2Si2/c1-8-14-13(15)12-10(17(2,3)4)9-11(16-12)18(5,6)7/h9H,8H2,1-7H3,(H,14,15). The van der Waals surface area contributed by atoms with E-state index in [1.165, 1.54) is 0 Å². The van der Waals surface area contributed by atoms with Crippen molar-refractivity contribution in [2.24, 2.45) is 0 Å². The van der Waals surface area contributed by atoms with Crippen molar-refractivity contribution < 1.29 is 9.21 Å². The van der Waals surface area contributed by atoms with Crippen LogP contribution < -0.4 is 15.9 Å². The van der Waals surface area contributed by atoms with Gasteiger partial charge in [0, 0.05) is 6.54 Å². The second-order valence-corrected chi connectivity index (χ2v) is 16.7. The Kier molecular flexibility index (Phi) is 4.28. The minimum absolute atomic E-state index is 0.0700. The zero-order valence-electron chi connectivity index (χ0n) is 12.6. The minimum Gasteiger partial charge on any atom is -0.461 e. The second-order valence-electron chi connectivity index (χ2n) is 6.71.